The zero-order chi connectivity index (χ0) is 21.3. The Morgan fingerprint density at radius 2 is 1.97 bits per heavy atom. The van der Waals surface area contributed by atoms with Gasteiger partial charge in [-0.15, -0.1) is 0 Å². The van der Waals surface area contributed by atoms with E-state index in [1.165, 1.54) is 0 Å². The Labute approximate surface area is 176 Å². The molecule has 9 heteroatoms. The van der Waals surface area contributed by atoms with Gasteiger partial charge in [0.05, 0.1) is 34.6 Å². The van der Waals surface area contributed by atoms with Crippen molar-refractivity contribution >= 4 is 21.7 Å². The van der Waals surface area contributed by atoms with Crippen LogP contribution in [0, 0.1) is 6.92 Å². The molecule has 0 radical (unpaired) electrons. The summed E-state index contributed by atoms with van der Waals surface area (Å²) in [6, 6.07) is 7.60. The third-order valence-corrected chi connectivity index (χ3v) is 7.36. The van der Waals surface area contributed by atoms with Crippen LogP contribution < -0.4 is 10.6 Å². The molecule has 2 aromatic rings. The molecular formula is C21H26N4O4S. The molecule has 0 bridgehead atoms. The molecule has 0 spiro atoms. The molecule has 1 saturated heterocycles. The number of nitrogens with zero attached hydrogens (tertiary/aromatic N) is 2. The summed E-state index contributed by atoms with van der Waals surface area (Å²) in [5.41, 5.74) is 3.51. The molecule has 1 aliphatic heterocycles. The molecule has 0 unspecified atom stereocenters. The van der Waals surface area contributed by atoms with E-state index in [1.807, 2.05) is 35.9 Å². The second-order valence-corrected chi connectivity index (χ2v) is 10.3. The molecule has 2 fully saturated rings. The van der Waals surface area contributed by atoms with Crippen LogP contribution in [0.2, 0.25) is 0 Å². The number of carbonyl (C=O) groups excluding carboxylic acids is 2. The Kier molecular flexibility index (Phi) is 5.64. The van der Waals surface area contributed by atoms with E-state index in [-0.39, 0.29) is 42.3 Å². The third kappa shape index (κ3) is 4.56. The van der Waals surface area contributed by atoms with Crippen LogP contribution >= 0.6 is 0 Å². The molecule has 8 nitrogen and oxygen atoms in total. The number of amides is 2. The highest BCUT2D eigenvalue weighted by Gasteiger charge is 2.33. The summed E-state index contributed by atoms with van der Waals surface area (Å²) < 4.78 is 24.8. The minimum Gasteiger partial charge on any atom is -0.352 e. The monoisotopic (exact) mass is 430 g/mol. The van der Waals surface area contributed by atoms with E-state index in [0.717, 1.165) is 29.8 Å². The van der Waals surface area contributed by atoms with Gasteiger partial charge in [-0.25, -0.2) is 13.1 Å². The fourth-order valence-electron chi connectivity index (χ4n) is 3.87. The van der Waals surface area contributed by atoms with E-state index < -0.39 is 9.84 Å². The van der Waals surface area contributed by atoms with Crippen molar-refractivity contribution in [1.82, 2.24) is 20.4 Å². The lowest BCUT2D eigenvalue weighted by molar-refractivity contribution is -0.121. The highest BCUT2D eigenvalue weighted by Crippen LogP contribution is 2.42. The van der Waals surface area contributed by atoms with Crippen molar-refractivity contribution < 1.29 is 18.0 Å². The van der Waals surface area contributed by atoms with Gasteiger partial charge in [0.2, 0.25) is 5.91 Å². The number of rotatable bonds is 7. The predicted octanol–water partition coefficient (Wildman–Crippen LogP) is 1.48. The van der Waals surface area contributed by atoms with Crippen molar-refractivity contribution in [3.05, 3.63) is 47.3 Å². The van der Waals surface area contributed by atoms with Gasteiger partial charge in [-0.2, -0.15) is 5.10 Å². The van der Waals surface area contributed by atoms with Crippen LogP contribution in [-0.4, -0.2) is 54.1 Å². The zero-order valence-corrected chi connectivity index (χ0v) is 17.7. The molecule has 1 atom stereocenters. The Morgan fingerprint density at radius 1 is 1.20 bits per heavy atom. The van der Waals surface area contributed by atoms with Crippen molar-refractivity contribution in [3.63, 3.8) is 0 Å². The van der Waals surface area contributed by atoms with E-state index >= 15 is 0 Å². The molecule has 2 heterocycles. The molecule has 2 N–H and O–H groups in total. The van der Waals surface area contributed by atoms with E-state index in [0.29, 0.717) is 17.9 Å². The Hall–Kier alpha value is -2.68. The predicted molar refractivity (Wildman–Crippen MR) is 112 cm³/mol. The van der Waals surface area contributed by atoms with Crippen LogP contribution in [0.1, 0.15) is 53.2 Å². The van der Waals surface area contributed by atoms with E-state index in [9.17, 15) is 18.0 Å². The number of carbonyl (C=O) groups is 2. The summed E-state index contributed by atoms with van der Waals surface area (Å²) >= 11 is 0. The summed E-state index contributed by atoms with van der Waals surface area (Å²) in [5.74, 6) is -0.0684. The normalized spacial score (nSPS) is 20.1. The lowest BCUT2D eigenvalue weighted by Crippen LogP contribution is -2.37. The Morgan fingerprint density at radius 3 is 2.63 bits per heavy atom. The minimum absolute atomic E-state index is 0.00602. The maximum absolute atomic E-state index is 12.8. The van der Waals surface area contributed by atoms with Crippen LogP contribution in [0.4, 0.5) is 0 Å². The number of aryl methyl sites for hydroxylation is 1. The van der Waals surface area contributed by atoms with Crippen LogP contribution in [-0.2, 0) is 14.6 Å². The summed E-state index contributed by atoms with van der Waals surface area (Å²) in [6.45, 7) is 2.20. The number of para-hydroxylation sites is 1. The SMILES string of the molecule is Cc1ccccc1-n1ncc(C(=O)NCCC(=O)N[C@H]2CCS(=O)(=O)C2)c1C1CC1. The van der Waals surface area contributed by atoms with Gasteiger partial charge in [-0.1, -0.05) is 18.2 Å². The van der Waals surface area contributed by atoms with Crippen molar-refractivity contribution in [1.29, 1.82) is 0 Å². The zero-order valence-electron chi connectivity index (χ0n) is 16.9. The summed E-state index contributed by atoms with van der Waals surface area (Å²) in [4.78, 5) is 24.8. The maximum Gasteiger partial charge on any atom is 0.254 e. The van der Waals surface area contributed by atoms with Gasteiger partial charge in [-0.3, -0.25) is 9.59 Å². The first kappa shape index (κ1) is 20.6. The molecule has 4 rings (SSSR count). The van der Waals surface area contributed by atoms with E-state index in [4.69, 9.17) is 0 Å². The van der Waals surface area contributed by atoms with E-state index in [1.54, 1.807) is 6.20 Å². The van der Waals surface area contributed by atoms with Crippen LogP contribution in [0.3, 0.4) is 0 Å². The first-order valence-electron chi connectivity index (χ1n) is 10.3. The van der Waals surface area contributed by atoms with Gasteiger partial charge in [0.25, 0.3) is 5.91 Å². The van der Waals surface area contributed by atoms with E-state index in [2.05, 4.69) is 15.7 Å². The standard InChI is InChI=1S/C21H26N4O4S/c1-14-4-2-3-5-18(14)25-20(15-6-7-15)17(12-23-25)21(27)22-10-8-19(26)24-16-9-11-30(28,29)13-16/h2-5,12,15-16H,6-11,13H2,1H3,(H,22,27)(H,24,26)/t16-/m0/s1. The topological polar surface area (TPSA) is 110 Å². The number of benzene rings is 1. The molecular weight excluding hydrogens is 404 g/mol. The van der Waals surface area contributed by atoms with Crippen LogP contribution in [0.25, 0.3) is 5.69 Å². The van der Waals surface area contributed by atoms with Gasteiger partial charge in [0, 0.05) is 24.9 Å². The molecule has 160 valence electrons. The number of hydrogen-bond acceptors (Lipinski definition) is 5. The van der Waals surface area contributed by atoms with Gasteiger partial charge in [-0.05, 0) is 37.8 Å². The Bertz CT molecular complexity index is 1070. The molecule has 1 aliphatic carbocycles. The second kappa shape index (κ2) is 8.22. The largest absolute Gasteiger partial charge is 0.352 e. The average molecular weight is 431 g/mol. The van der Waals surface area contributed by atoms with Crippen molar-refractivity contribution in [2.24, 2.45) is 0 Å². The van der Waals surface area contributed by atoms with Gasteiger partial charge in [0.1, 0.15) is 0 Å². The Balaban J connectivity index is 1.37. The molecule has 1 aromatic carbocycles. The molecule has 2 aliphatic rings. The lowest BCUT2D eigenvalue weighted by Gasteiger charge is -2.12. The fourth-order valence-corrected chi connectivity index (χ4v) is 5.54. The first-order valence-corrected chi connectivity index (χ1v) is 12.1. The molecule has 2 amide bonds. The molecule has 1 saturated carbocycles. The number of aromatic nitrogens is 2. The quantitative estimate of drug-likeness (QED) is 0.691. The molecule has 1 aromatic heterocycles. The van der Waals surface area contributed by atoms with Gasteiger partial charge >= 0.3 is 0 Å². The first-order chi connectivity index (χ1) is 14.3. The lowest BCUT2D eigenvalue weighted by atomic mass is 10.1. The summed E-state index contributed by atoms with van der Waals surface area (Å²) in [6.07, 6.45) is 4.21. The van der Waals surface area contributed by atoms with Crippen molar-refractivity contribution in [2.45, 2.75) is 44.6 Å². The second-order valence-electron chi connectivity index (χ2n) is 8.09. The van der Waals surface area contributed by atoms with Crippen LogP contribution in [0.5, 0.6) is 0 Å². The van der Waals surface area contributed by atoms with Gasteiger partial charge < -0.3 is 10.6 Å². The number of hydrogen-bond donors (Lipinski definition) is 2. The molecule has 30 heavy (non-hydrogen) atoms. The summed E-state index contributed by atoms with van der Waals surface area (Å²) in [5, 5.41) is 10.0. The maximum atomic E-state index is 12.8. The summed E-state index contributed by atoms with van der Waals surface area (Å²) in [7, 11) is -3.04. The van der Waals surface area contributed by atoms with Crippen molar-refractivity contribution in [3.8, 4) is 5.69 Å². The highest BCUT2D eigenvalue weighted by molar-refractivity contribution is 7.91. The smallest absolute Gasteiger partial charge is 0.254 e. The fraction of sp³-hybridized carbons (Fsp3) is 0.476. The third-order valence-electron chi connectivity index (χ3n) is 5.59. The highest BCUT2D eigenvalue weighted by atomic mass is 32.2. The van der Waals surface area contributed by atoms with Crippen LogP contribution in [0.15, 0.2) is 30.5 Å². The van der Waals surface area contributed by atoms with Crippen molar-refractivity contribution in [2.75, 3.05) is 18.1 Å². The van der Waals surface area contributed by atoms with Gasteiger partial charge in [0.15, 0.2) is 9.84 Å². The minimum atomic E-state index is -3.04. The number of nitrogens with one attached hydrogen (secondary N) is 2. The average Bonchev–Trinajstić information content (AvgIpc) is 3.34. The number of sulfone groups is 1.